The Balaban J connectivity index is 0.00000243. The highest BCUT2D eigenvalue weighted by atomic mass is 35.5. The molecule has 2 aliphatic rings. The van der Waals surface area contributed by atoms with Crippen molar-refractivity contribution in [1.82, 2.24) is 4.90 Å². The number of nitrogens with zero attached hydrogens (tertiary/aromatic N) is 1. The quantitative estimate of drug-likeness (QED) is 0.804. The van der Waals surface area contributed by atoms with Crippen LogP contribution in [0, 0.1) is 5.92 Å². The molecule has 2 aliphatic heterocycles. The van der Waals surface area contributed by atoms with Gasteiger partial charge in [0.2, 0.25) is 5.91 Å². The molecule has 2 heterocycles. The zero-order valence-electron chi connectivity index (χ0n) is 14.5. The van der Waals surface area contributed by atoms with Crippen LogP contribution >= 0.6 is 35.6 Å². The first-order chi connectivity index (χ1) is 12.0. The van der Waals surface area contributed by atoms with Gasteiger partial charge in [-0.15, -0.1) is 12.4 Å². The molecule has 0 aliphatic carbocycles. The van der Waals surface area contributed by atoms with E-state index in [2.05, 4.69) is 0 Å². The molecule has 0 bridgehead atoms. The first-order valence-electron chi connectivity index (χ1n) is 8.78. The van der Waals surface area contributed by atoms with Crippen LogP contribution < -0.4 is 10.5 Å². The van der Waals surface area contributed by atoms with Gasteiger partial charge in [0.15, 0.2) is 0 Å². The molecule has 1 aromatic rings. The van der Waals surface area contributed by atoms with Crippen LogP contribution in [0.15, 0.2) is 18.2 Å². The molecule has 2 fully saturated rings. The van der Waals surface area contributed by atoms with Gasteiger partial charge in [-0.2, -0.15) is 0 Å². The fraction of sp³-hybridized carbons (Fsp3) is 0.611. The molecule has 3 rings (SSSR count). The highest BCUT2D eigenvalue weighted by Gasteiger charge is 2.32. The first kappa shape index (κ1) is 21.6. The van der Waals surface area contributed by atoms with E-state index in [1.165, 1.54) is 0 Å². The van der Waals surface area contributed by atoms with Crippen molar-refractivity contribution in [3.8, 4) is 5.75 Å². The van der Waals surface area contributed by atoms with Gasteiger partial charge in [-0.3, -0.25) is 4.79 Å². The molecule has 0 saturated carbocycles. The van der Waals surface area contributed by atoms with E-state index >= 15 is 0 Å². The number of carbonyl (C=O) groups excluding carboxylic acids is 1. The molecule has 2 unspecified atom stereocenters. The van der Waals surface area contributed by atoms with Crippen LogP contribution in [0.25, 0.3) is 0 Å². The lowest BCUT2D eigenvalue weighted by Gasteiger charge is -2.36. The summed E-state index contributed by atoms with van der Waals surface area (Å²) in [5.41, 5.74) is 6.24. The molecule has 26 heavy (non-hydrogen) atoms. The molecule has 5 nitrogen and oxygen atoms in total. The van der Waals surface area contributed by atoms with Crippen LogP contribution in [-0.4, -0.2) is 49.3 Å². The second-order valence-corrected chi connectivity index (χ2v) is 7.53. The third kappa shape index (κ3) is 5.40. The number of halogens is 3. The van der Waals surface area contributed by atoms with Crippen molar-refractivity contribution in [1.29, 1.82) is 0 Å². The summed E-state index contributed by atoms with van der Waals surface area (Å²) in [7, 11) is 0. The Labute approximate surface area is 170 Å². The van der Waals surface area contributed by atoms with Crippen molar-refractivity contribution < 1.29 is 14.3 Å². The van der Waals surface area contributed by atoms with Crippen LogP contribution in [0.4, 0.5) is 0 Å². The van der Waals surface area contributed by atoms with Crippen LogP contribution in [0.3, 0.4) is 0 Å². The van der Waals surface area contributed by atoms with Crippen molar-refractivity contribution >= 4 is 41.5 Å². The van der Waals surface area contributed by atoms with E-state index in [0.29, 0.717) is 35.6 Å². The van der Waals surface area contributed by atoms with Gasteiger partial charge >= 0.3 is 0 Å². The first-order valence-corrected chi connectivity index (χ1v) is 9.54. The summed E-state index contributed by atoms with van der Waals surface area (Å²) in [6, 6.07) is 4.76. The molecule has 0 aromatic heterocycles. The van der Waals surface area contributed by atoms with Crippen molar-refractivity contribution in [3.63, 3.8) is 0 Å². The minimum Gasteiger partial charge on any atom is -0.489 e. The van der Waals surface area contributed by atoms with E-state index in [9.17, 15) is 4.79 Å². The van der Waals surface area contributed by atoms with Crippen LogP contribution in [-0.2, 0) is 9.53 Å². The Morgan fingerprint density at radius 1 is 1.23 bits per heavy atom. The highest BCUT2D eigenvalue weighted by Crippen LogP contribution is 2.28. The molecule has 146 valence electrons. The van der Waals surface area contributed by atoms with E-state index in [0.717, 1.165) is 32.2 Å². The monoisotopic (exact) mass is 422 g/mol. The van der Waals surface area contributed by atoms with Gasteiger partial charge in [0, 0.05) is 25.8 Å². The molecule has 2 atom stereocenters. The third-order valence-electron chi connectivity index (χ3n) is 4.94. The van der Waals surface area contributed by atoms with Crippen molar-refractivity contribution in [2.75, 3.05) is 26.3 Å². The lowest BCUT2D eigenvalue weighted by Crippen LogP contribution is -2.53. The number of rotatable bonds is 4. The number of likely N-dealkylation sites (tertiary alicyclic amines) is 1. The maximum Gasteiger partial charge on any atom is 0.239 e. The average Bonchev–Trinajstić information content (AvgIpc) is 2.64. The maximum atomic E-state index is 12.8. The molecule has 0 radical (unpaired) electrons. The van der Waals surface area contributed by atoms with Gasteiger partial charge in [-0.1, -0.05) is 23.2 Å². The summed E-state index contributed by atoms with van der Waals surface area (Å²) in [5, 5.41) is 0.960. The largest absolute Gasteiger partial charge is 0.489 e. The van der Waals surface area contributed by atoms with Crippen molar-refractivity contribution in [3.05, 3.63) is 28.2 Å². The van der Waals surface area contributed by atoms with Gasteiger partial charge in [-0.05, 0) is 43.7 Å². The number of hydrogen-bond donors (Lipinski definition) is 1. The summed E-state index contributed by atoms with van der Waals surface area (Å²) >= 11 is 12.0. The zero-order chi connectivity index (χ0) is 17.8. The number of carbonyl (C=O) groups is 1. The molecule has 1 aromatic carbocycles. The summed E-state index contributed by atoms with van der Waals surface area (Å²) < 4.78 is 11.4. The second-order valence-electron chi connectivity index (χ2n) is 6.72. The summed E-state index contributed by atoms with van der Waals surface area (Å²) in [6.07, 6.45) is 3.44. The number of ether oxygens (including phenoxy) is 2. The molecule has 1 amide bonds. The summed E-state index contributed by atoms with van der Waals surface area (Å²) in [6.45, 7) is 2.66. The standard InChI is InChI=1S/C18H24Cl2N2O3.ClH/c19-15-4-3-13(10-16(15)20)25-14-2-1-7-22(11-14)18(23)17(21)12-5-8-24-9-6-12;/h3-4,10,12,14,17H,1-2,5-9,11,21H2;1H. The second kappa shape index (κ2) is 10.00. The normalized spacial score (nSPS) is 22.4. The Morgan fingerprint density at radius 3 is 2.65 bits per heavy atom. The maximum absolute atomic E-state index is 12.8. The van der Waals surface area contributed by atoms with Crippen LogP contribution in [0.2, 0.25) is 10.0 Å². The van der Waals surface area contributed by atoms with E-state index in [4.69, 9.17) is 38.4 Å². The molecular formula is C18H25Cl3N2O3. The molecule has 2 saturated heterocycles. The summed E-state index contributed by atoms with van der Waals surface area (Å²) in [5.74, 6) is 0.898. The predicted molar refractivity (Wildman–Crippen MR) is 105 cm³/mol. The van der Waals surface area contributed by atoms with Crippen LogP contribution in [0.1, 0.15) is 25.7 Å². The lowest BCUT2D eigenvalue weighted by atomic mass is 9.91. The number of amides is 1. The fourth-order valence-electron chi connectivity index (χ4n) is 3.46. The van der Waals surface area contributed by atoms with Gasteiger partial charge in [0.05, 0.1) is 22.6 Å². The molecular weight excluding hydrogens is 399 g/mol. The lowest BCUT2D eigenvalue weighted by molar-refractivity contribution is -0.137. The van der Waals surface area contributed by atoms with Gasteiger partial charge in [0.25, 0.3) is 0 Å². The number of nitrogens with two attached hydrogens (primary N) is 1. The molecule has 2 N–H and O–H groups in total. The SMILES string of the molecule is Cl.NC(C(=O)N1CCCC(Oc2ccc(Cl)c(Cl)c2)C1)C1CCOCC1. The minimum atomic E-state index is -0.451. The van der Waals surface area contributed by atoms with Crippen molar-refractivity contribution in [2.45, 2.75) is 37.8 Å². The van der Waals surface area contributed by atoms with Gasteiger partial charge < -0.3 is 20.1 Å². The Bertz CT molecular complexity index is 611. The smallest absolute Gasteiger partial charge is 0.239 e. The molecule has 0 spiro atoms. The Kier molecular flexibility index (Phi) is 8.30. The van der Waals surface area contributed by atoms with Gasteiger partial charge in [-0.25, -0.2) is 0 Å². The number of piperidine rings is 1. The highest BCUT2D eigenvalue weighted by molar-refractivity contribution is 6.42. The fourth-order valence-corrected chi connectivity index (χ4v) is 3.75. The minimum absolute atomic E-state index is 0. The number of benzene rings is 1. The zero-order valence-corrected chi connectivity index (χ0v) is 16.9. The number of hydrogen-bond acceptors (Lipinski definition) is 4. The van der Waals surface area contributed by atoms with E-state index in [1.807, 2.05) is 4.90 Å². The predicted octanol–water partition coefficient (Wildman–Crippen LogP) is 3.54. The molecule has 8 heteroatoms. The van der Waals surface area contributed by atoms with Gasteiger partial charge in [0.1, 0.15) is 11.9 Å². The average molecular weight is 424 g/mol. The van der Waals surface area contributed by atoms with Crippen molar-refractivity contribution in [2.24, 2.45) is 11.7 Å². The van der Waals surface area contributed by atoms with E-state index < -0.39 is 6.04 Å². The summed E-state index contributed by atoms with van der Waals surface area (Å²) in [4.78, 5) is 14.6. The van der Waals surface area contributed by atoms with E-state index in [1.54, 1.807) is 18.2 Å². The third-order valence-corrected chi connectivity index (χ3v) is 5.68. The van der Waals surface area contributed by atoms with Crippen LogP contribution in [0.5, 0.6) is 5.75 Å². The topological polar surface area (TPSA) is 64.8 Å². The Morgan fingerprint density at radius 2 is 1.96 bits per heavy atom. The Hall–Kier alpha value is -0.720. The van der Waals surface area contributed by atoms with E-state index in [-0.39, 0.29) is 30.3 Å².